The highest BCUT2D eigenvalue weighted by molar-refractivity contribution is 5.74. The van der Waals surface area contributed by atoms with E-state index in [1.165, 1.54) is 32.1 Å². The highest BCUT2D eigenvalue weighted by Gasteiger charge is 2.50. The average Bonchev–Trinajstić information content (AvgIpc) is 3.39. The van der Waals surface area contributed by atoms with Gasteiger partial charge in [-0.3, -0.25) is 14.4 Å². The van der Waals surface area contributed by atoms with Crippen LogP contribution in [-0.4, -0.2) is 89.2 Å². The van der Waals surface area contributed by atoms with E-state index in [-0.39, 0.29) is 25.9 Å². The van der Waals surface area contributed by atoms with E-state index in [1.807, 2.05) is 0 Å². The molecule has 1 saturated heterocycles. The Morgan fingerprint density at radius 3 is 1.35 bits per heavy atom. The third-order valence-corrected chi connectivity index (χ3v) is 12.6. The van der Waals surface area contributed by atoms with Crippen LogP contribution in [0.1, 0.15) is 226 Å². The van der Waals surface area contributed by atoms with Gasteiger partial charge in [0, 0.05) is 19.3 Å². The molecule has 0 aromatic carbocycles. The predicted molar refractivity (Wildman–Crippen MR) is 303 cm³/mol. The van der Waals surface area contributed by atoms with Crippen molar-refractivity contribution in [3.05, 3.63) is 97.2 Å². The summed E-state index contributed by atoms with van der Waals surface area (Å²) in [5, 5.41) is 31.4. The minimum atomic E-state index is -1.92. The first-order chi connectivity index (χ1) is 36.6. The molecule has 0 saturated carbocycles. The summed E-state index contributed by atoms with van der Waals surface area (Å²) in [6.45, 7) is 5.76. The summed E-state index contributed by atoms with van der Waals surface area (Å²) in [5.41, 5.74) is 0. The summed E-state index contributed by atoms with van der Waals surface area (Å²) in [6, 6.07) is 0. The second-order valence-corrected chi connectivity index (χ2v) is 19.5. The third-order valence-electron chi connectivity index (χ3n) is 12.6. The quantitative estimate of drug-likeness (QED) is 0.0228. The highest BCUT2D eigenvalue weighted by atomic mass is 16.7. The van der Waals surface area contributed by atoms with Gasteiger partial charge in [0.25, 0.3) is 0 Å². The molecule has 426 valence electrons. The zero-order chi connectivity index (χ0) is 54.7. The number of ether oxygens (including phenoxy) is 5. The van der Waals surface area contributed by atoms with Crippen LogP contribution in [-0.2, 0) is 42.9 Å². The molecule has 0 bridgehead atoms. The fraction of sp³-hybridized carbons (Fsp3) is 0.683. The van der Waals surface area contributed by atoms with Gasteiger partial charge < -0.3 is 39.0 Å². The van der Waals surface area contributed by atoms with Crippen LogP contribution in [0, 0.1) is 0 Å². The van der Waals surface area contributed by atoms with Crippen molar-refractivity contribution < 1.29 is 58.2 Å². The van der Waals surface area contributed by atoms with E-state index in [2.05, 4.69) is 118 Å². The number of aliphatic carboxylic acids is 1. The lowest BCUT2D eigenvalue weighted by molar-refractivity contribution is -0.301. The summed E-state index contributed by atoms with van der Waals surface area (Å²) in [4.78, 5) is 51.0. The first-order valence-electron chi connectivity index (χ1n) is 29.2. The Morgan fingerprint density at radius 2 is 0.853 bits per heavy atom. The van der Waals surface area contributed by atoms with Crippen LogP contribution in [0.4, 0.5) is 0 Å². The van der Waals surface area contributed by atoms with Crippen LogP contribution in [0.3, 0.4) is 0 Å². The number of esters is 3. The monoisotopic (exact) mass is 1050 g/mol. The van der Waals surface area contributed by atoms with Gasteiger partial charge in [0.15, 0.2) is 24.6 Å². The van der Waals surface area contributed by atoms with Crippen molar-refractivity contribution in [2.45, 2.75) is 263 Å². The van der Waals surface area contributed by atoms with Crippen molar-refractivity contribution in [2.75, 3.05) is 13.2 Å². The minimum absolute atomic E-state index is 0.0363. The second kappa shape index (κ2) is 50.5. The largest absolute Gasteiger partial charge is 0.479 e. The summed E-state index contributed by atoms with van der Waals surface area (Å²) < 4.78 is 28.3. The molecule has 0 aromatic heterocycles. The molecule has 0 spiro atoms. The number of hydrogen-bond acceptors (Lipinski definition) is 11. The fourth-order valence-electron chi connectivity index (χ4n) is 8.11. The van der Waals surface area contributed by atoms with Crippen molar-refractivity contribution >= 4 is 23.9 Å². The Labute approximate surface area is 453 Å². The normalized spacial score (nSPS) is 18.9. The maximum atomic E-state index is 13.1. The number of aliphatic hydroxyl groups is 2. The van der Waals surface area contributed by atoms with Gasteiger partial charge in [-0.25, -0.2) is 4.79 Å². The van der Waals surface area contributed by atoms with Crippen molar-refractivity contribution in [1.29, 1.82) is 0 Å². The van der Waals surface area contributed by atoms with Gasteiger partial charge in [-0.2, -0.15) is 0 Å². The van der Waals surface area contributed by atoms with Crippen LogP contribution >= 0.6 is 0 Å². The SMILES string of the molecule is CC/C=C\C/C=C\C/C=C\C/C=C\C/C=C\CCCCCC(=O)OCC(COC1OC(C(=O)O)C(O)C(O)C1OC(=O)CCCCCCC/C=C\C/C=C\CCCCC)OC(=O)CCCCCCC/C=C\CCCC. The number of allylic oxidation sites excluding steroid dienone is 16. The number of unbranched alkanes of at least 4 members (excludes halogenated alkanes) is 18. The van der Waals surface area contributed by atoms with Crippen LogP contribution in [0.2, 0.25) is 0 Å². The molecule has 0 radical (unpaired) electrons. The Kier molecular flexibility index (Phi) is 46.2. The molecule has 1 heterocycles. The van der Waals surface area contributed by atoms with Gasteiger partial charge in [-0.1, -0.05) is 189 Å². The molecule has 1 aliphatic rings. The number of aliphatic hydroxyl groups excluding tert-OH is 2. The van der Waals surface area contributed by atoms with E-state index in [4.69, 9.17) is 23.7 Å². The van der Waals surface area contributed by atoms with Crippen LogP contribution < -0.4 is 0 Å². The Morgan fingerprint density at radius 1 is 0.453 bits per heavy atom. The van der Waals surface area contributed by atoms with Gasteiger partial charge in [-0.15, -0.1) is 0 Å². The summed E-state index contributed by atoms with van der Waals surface area (Å²) in [6.07, 6.45) is 53.8. The number of hydrogen-bond donors (Lipinski definition) is 3. The molecule has 75 heavy (non-hydrogen) atoms. The Balaban J connectivity index is 2.71. The van der Waals surface area contributed by atoms with Crippen molar-refractivity contribution in [1.82, 2.24) is 0 Å². The molecule has 0 aromatic rings. The first-order valence-corrected chi connectivity index (χ1v) is 29.2. The molecule has 0 aliphatic carbocycles. The maximum absolute atomic E-state index is 13.1. The van der Waals surface area contributed by atoms with Gasteiger partial charge in [0.05, 0.1) is 6.61 Å². The lowest BCUT2D eigenvalue weighted by Gasteiger charge is -2.40. The van der Waals surface area contributed by atoms with Crippen LogP contribution in [0.5, 0.6) is 0 Å². The number of carbonyl (C=O) groups is 4. The highest BCUT2D eigenvalue weighted by Crippen LogP contribution is 2.26. The molecule has 1 rings (SSSR count). The zero-order valence-electron chi connectivity index (χ0n) is 46.8. The van der Waals surface area contributed by atoms with Crippen molar-refractivity contribution in [3.8, 4) is 0 Å². The fourth-order valence-corrected chi connectivity index (χ4v) is 8.11. The number of carboxylic acids is 1. The predicted octanol–water partition coefficient (Wildman–Crippen LogP) is 14.9. The van der Waals surface area contributed by atoms with Gasteiger partial charge in [0.1, 0.15) is 18.8 Å². The average molecular weight is 1050 g/mol. The van der Waals surface area contributed by atoms with Crippen molar-refractivity contribution in [3.63, 3.8) is 0 Å². The standard InChI is InChI=1S/C63H102O12/c1-4-7-10-13-16-19-22-24-26-27-28-29-31-32-35-37-40-43-46-49-55(64)71-52-54(73-56(65)50-47-44-41-38-34-21-18-15-12-9-6-3)53-72-63-61(59(68)58(67)60(75-63)62(69)70)74-57(66)51-48-45-42-39-36-33-30-25-23-20-17-14-11-8-5-2/h7,10,15-20,24-26,28-30,32,35,54,58-61,63,67-68H,4-6,8-9,11-14,21-23,27,31,33-34,36-53H2,1-3H3,(H,69,70)/b10-7-,18-15-,19-16-,20-17-,26-24-,29-28-,30-25-,35-32-. The molecule has 1 fully saturated rings. The smallest absolute Gasteiger partial charge is 0.335 e. The molecule has 3 N–H and O–H groups in total. The maximum Gasteiger partial charge on any atom is 0.335 e. The van der Waals surface area contributed by atoms with E-state index in [9.17, 15) is 34.5 Å². The molecule has 1 aliphatic heterocycles. The topological polar surface area (TPSA) is 175 Å². The molecule has 12 nitrogen and oxygen atoms in total. The van der Waals surface area contributed by atoms with Crippen LogP contribution in [0.25, 0.3) is 0 Å². The number of carboxylic acid groups (broad SMARTS) is 1. The Hall–Kier alpha value is -4.36. The molecular formula is C63H102O12. The molecular weight excluding hydrogens is 949 g/mol. The minimum Gasteiger partial charge on any atom is -0.479 e. The van der Waals surface area contributed by atoms with Gasteiger partial charge in [0.2, 0.25) is 0 Å². The van der Waals surface area contributed by atoms with Gasteiger partial charge >= 0.3 is 23.9 Å². The lowest BCUT2D eigenvalue weighted by Crippen LogP contribution is -2.61. The van der Waals surface area contributed by atoms with Gasteiger partial charge in [-0.05, 0) is 116 Å². The lowest BCUT2D eigenvalue weighted by atomic mass is 9.98. The first kappa shape index (κ1) is 68.7. The second-order valence-electron chi connectivity index (χ2n) is 19.5. The molecule has 0 amide bonds. The molecule has 12 heteroatoms. The van der Waals surface area contributed by atoms with E-state index < -0.39 is 67.3 Å². The van der Waals surface area contributed by atoms with E-state index in [0.717, 1.165) is 135 Å². The number of rotatable bonds is 48. The van der Waals surface area contributed by atoms with E-state index >= 15 is 0 Å². The zero-order valence-corrected chi connectivity index (χ0v) is 46.8. The summed E-state index contributed by atoms with van der Waals surface area (Å²) in [5.74, 6) is -3.20. The molecule has 6 unspecified atom stereocenters. The van der Waals surface area contributed by atoms with Crippen LogP contribution in [0.15, 0.2) is 97.2 Å². The summed E-state index contributed by atoms with van der Waals surface area (Å²) in [7, 11) is 0. The van der Waals surface area contributed by atoms with E-state index in [1.54, 1.807) is 0 Å². The van der Waals surface area contributed by atoms with Crippen molar-refractivity contribution in [2.24, 2.45) is 0 Å². The summed E-state index contributed by atoms with van der Waals surface area (Å²) >= 11 is 0. The number of carbonyl (C=O) groups excluding carboxylic acids is 3. The van der Waals surface area contributed by atoms with E-state index in [0.29, 0.717) is 19.3 Å². The molecule has 6 atom stereocenters. The third kappa shape index (κ3) is 40.6. The Bertz CT molecular complexity index is 1670.